The third kappa shape index (κ3) is 6.47. The zero-order chi connectivity index (χ0) is 19.0. The van der Waals surface area contributed by atoms with E-state index >= 15 is 0 Å². The molecule has 0 radical (unpaired) electrons. The first-order chi connectivity index (χ1) is 12.4. The molecule has 3 N–H and O–H groups in total. The van der Waals surface area contributed by atoms with Crippen molar-refractivity contribution >= 4 is 33.4 Å². The molecule has 2 aromatic rings. The topological polar surface area (TPSA) is 104 Å². The highest BCUT2D eigenvalue weighted by molar-refractivity contribution is 7.89. The molecule has 0 fully saturated rings. The third-order valence-electron chi connectivity index (χ3n) is 3.32. The van der Waals surface area contributed by atoms with Gasteiger partial charge in [0.1, 0.15) is 0 Å². The molecule has 0 aromatic heterocycles. The Balaban J connectivity index is 1.70. The van der Waals surface area contributed by atoms with E-state index in [-0.39, 0.29) is 24.3 Å². The monoisotopic (exact) mass is 395 g/mol. The van der Waals surface area contributed by atoms with Crippen LogP contribution in [-0.2, 0) is 26.0 Å². The standard InChI is InChI=1S/C17H18ClN3O4S/c18-14-8-6-13(7-9-14)12-17(23)21-20-16(22)10-11-19-26(24,25)15-4-2-1-3-5-15/h1-9,19H,10-12H2,(H,20,22)(H,21,23). The molecule has 2 aromatic carbocycles. The van der Waals surface area contributed by atoms with Crippen LogP contribution in [0.4, 0.5) is 0 Å². The molecule has 9 heteroatoms. The summed E-state index contributed by atoms with van der Waals surface area (Å²) in [5, 5.41) is 0.570. The van der Waals surface area contributed by atoms with E-state index in [9.17, 15) is 18.0 Å². The number of benzene rings is 2. The molecule has 138 valence electrons. The van der Waals surface area contributed by atoms with Crippen LogP contribution in [0.5, 0.6) is 0 Å². The number of amides is 2. The summed E-state index contributed by atoms with van der Waals surface area (Å²) in [5.41, 5.74) is 5.26. The number of rotatable bonds is 7. The summed E-state index contributed by atoms with van der Waals surface area (Å²) in [6.45, 7) is -0.0872. The van der Waals surface area contributed by atoms with Gasteiger partial charge in [-0.3, -0.25) is 20.4 Å². The van der Waals surface area contributed by atoms with Crippen LogP contribution in [0.1, 0.15) is 12.0 Å². The van der Waals surface area contributed by atoms with E-state index in [4.69, 9.17) is 11.6 Å². The van der Waals surface area contributed by atoms with Gasteiger partial charge in [-0.2, -0.15) is 0 Å². The highest BCUT2D eigenvalue weighted by atomic mass is 35.5. The van der Waals surface area contributed by atoms with Crippen LogP contribution >= 0.6 is 11.6 Å². The van der Waals surface area contributed by atoms with Gasteiger partial charge in [0.15, 0.2) is 0 Å². The summed E-state index contributed by atoms with van der Waals surface area (Å²) in [6.07, 6.45) is -0.0363. The Morgan fingerprint density at radius 1 is 0.885 bits per heavy atom. The molecule has 2 rings (SSSR count). The van der Waals surface area contributed by atoms with Crippen molar-refractivity contribution in [3.05, 3.63) is 65.2 Å². The molecule has 0 saturated heterocycles. The maximum atomic E-state index is 12.0. The van der Waals surface area contributed by atoms with Gasteiger partial charge in [-0.1, -0.05) is 41.9 Å². The third-order valence-corrected chi connectivity index (χ3v) is 5.05. The van der Waals surface area contributed by atoms with E-state index in [0.29, 0.717) is 5.02 Å². The lowest BCUT2D eigenvalue weighted by Crippen LogP contribution is -2.43. The maximum absolute atomic E-state index is 12.0. The molecular weight excluding hydrogens is 378 g/mol. The largest absolute Gasteiger partial charge is 0.273 e. The van der Waals surface area contributed by atoms with Crippen LogP contribution in [0.25, 0.3) is 0 Å². The molecular formula is C17H18ClN3O4S. The maximum Gasteiger partial charge on any atom is 0.242 e. The number of carbonyl (C=O) groups excluding carboxylic acids is 2. The Morgan fingerprint density at radius 2 is 1.50 bits per heavy atom. The molecule has 0 aliphatic heterocycles. The van der Waals surface area contributed by atoms with Gasteiger partial charge in [0, 0.05) is 18.0 Å². The first kappa shape index (κ1) is 19.9. The smallest absolute Gasteiger partial charge is 0.242 e. The number of hydrogen-bond acceptors (Lipinski definition) is 4. The fraction of sp³-hybridized carbons (Fsp3) is 0.176. The van der Waals surface area contributed by atoms with Crippen molar-refractivity contribution in [2.75, 3.05) is 6.54 Å². The first-order valence-electron chi connectivity index (χ1n) is 7.74. The lowest BCUT2D eigenvalue weighted by molar-refractivity contribution is -0.128. The van der Waals surface area contributed by atoms with Crippen molar-refractivity contribution in [1.82, 2.24) is 15.6 Å². The second kappa shape index (κ2) is 9.33. The Bertz CT molecular complexity index is 855. The molecule has 0 aliphatic carbocycles. The van der Waals surface area contributed by atoms with Crippen LogP contribution < -0.4 is 15.6 Å². The van der Waals surface area contributed by atoms with Crippen LogP contribution in [0, 0.1) is 0 Å². The Labute approximate surface area is 156 Å². The average molecular weight is 396 g/mol. The van der Waals surface area contributed by atoms with Crippen molar-refractivity contribution in [2.45, 2.75) is 17.7 Å². The Morgan fingerprint density at radius 3 is 2.15 bits per heavy atom. The van der Waals surface area contributed by atoms with Crippen LogP contribution in [-0.4, -0.2) is 26.8 Å². The van der Waals surface area contributed by atoms with Gasteiger partial charge in [-0.25, -0.2) is 13.1 Å². The minimum absolute atomic E-state index is 0.0814. The molecule has 0 saturated carbocycles. The van der Waals surface area contributed by atoms with E-state index in [0.717, 1.165) is 5.56 Å². The van der Waals surface area contributed by atoms with Gasteiger partial charge in [-0.15, -0.1) is 0 Å². The molecule has 7 nitrogen and oxygen atoms in total. The zero-order valence-corrected chi connectivity index (χ0v) is 15.3. The van der Waals surface area contributed by atoms with Crippen molar-refractivity contribution in [2.24, 2.45) is 0 Å². The zero-order valence-electron chi connectivity index (χ0n) is 13.7. The summed E-state index contributed by atoms with van der Waals surface area (Å²) in [5.74, 6) is -0.907. The number of halogens is 1. The highest BCUT2D eigenvalue weighted by Crippen LogP contribution is 2.09. The number of carbonyl (C=O) groups is 2. The molecule has 0 spiro atoms. The fourth-order valence-corrected chi connectivity index (χ4v) is 3.19. The minimum Gasteiger partial charge on any atom is -0.273 e. The van der Waals surface area contributed by atoms with E-state index in [1.807, 2.05) is 0 Å². The van der Waals surface area contributed by atoms with Gasteiger partial charge in [0.2, 0.25) is 21.8 Å². The summed E-state index contributed by atoms with van der Waals surface area (Å²) in [6, 6.07) is 14.6. The minimum atomic E-state index is -3.66. The van der Waals surface area contributed by atoms with Crippen molar-refractivity contribution in [1.29, 1.82) is 0 Å². The molecule has 0 heterocycles. The fourth-order valence-electron chi connectivity index (χ4n) is 2.02. The predicted molar refractivity (Wildman–Crippen MR) is 97.7 cm³/mol. The number of sulfonamides is 1. The normalized spacial score (nSPS) is 11.0. The lowest BCUT2D eigenvalue weighted by atomic mass is 10.1. The highest BCUT2D eigenvalue weighted by Gasteiger charge is 2.13. The van der Waals surface area contributed by atoms with Crippen molar-refractivity contribution in [3.63, 3.8) is 0 Å². The first-order valence-corrected chi connectivity index (χ1v) is 9.60. The Kier molecular flexibility index (Phi) is 7.14. The van der Waals surface area contributed by atoms with Gasteiger partial charge in [0.25, 0.3) is 0 Å². The molecule has 0 atom stereocenters. The summed E-state index contributed by atoms with van der Waals surface area (Å²) in [4.78, 5) is 23.6. The predicted octanol–water partition coefficient (Wildman–Crippen LogP) is 1.40. The van der Waals surface area contributed by atoms with Crippen LogP contribution in [0.15, 0.2) is 59.5 Å². The molecule has 0 bridgehead atoms. The number of hydrogen-bond donors (Lipinski definition) is 3. The van der Waals surface area contributed by atoms with E-state index in [1.54, 1.807) is 42.5 Å². The van der Waals surface area contributed by atoms with E-state index < -0.39 is 21.8 Å². The second-order valence-electron chi connectivity index (χ2n) is 5.36. The average Bonchev–Trinajstić information content (AvgIpc) is 2.62. The van der Waals surface area contributed by atoms with Crippen LogP contribution in [0.3, 0.4) is 0 Å². The second-order valence-corrected chi connectivity index (χ2v) is 7.56. The molecule has 0 aliphatic rings. The molecule has 0 unspecified atom stereocenters. The number of hydrazine groups is 1. The summed E-state index contributed by atoms with van der Waals surface area (Å²) < 4.78 is 26.3. The van der Waals surface area contributed by atoms with Gasteiger partial charge < -0.3 is 0 Å². The SMILES string of the molecule is O=C(CCNS(=O)(=O)c1ccccc1)NNC(=O)Cc1ccc(Cl)cc1. The van der Waals surface area contributed by atoms with Gasteiger partial charge in [0.05, 0.1) is 11.3 Å². The lowest BCUT2D eigenvalue weighted by Gasteiger charge is -2.09. The van der Waals surface area contributed by atoms with Crippen LogP contribution in [0.2, 0.25) is 5.02 Å². The summed E-state index contributed by atoms with van der Waals surface area (Å²) in [7, 11) is -3.66. The Hall–Kier alpha value is -2.42. The van der Waals surface area contributed by atoms with Crippen molar-refractivity contribution < 1.29 is 18.0 Å². The quantitative estimate of drug-likeness (QED) is 0.616. The summed E-state index contributed by atoms with van der Waals surface area (Å²) >= 11 is 5.76. The number of nitrogens with one attached hydrogen (secondary N) is 3. The van der Waals surface area contributed by atoms with Crippen molar-refractivity contribution in [3.8, 4) is 0 Å². The van der Waals surface area contributed by atoms with E-state index in [1.165, 1.54) is 12.1 Å². The van der Waals surface area contributed by atoms with Gasteiger partial charge in [-0.05, 0) is 29.8 Å². The van der Waals surface area contributed by atoms with E-state index in [2.05, 4.69) is 15.6 Å². The molecule has 2 amide bonds. The molecule has 26 heavy (non-hydrogen) atoms. The van der Waals surface area contributed by atoms with Gasteiger partial charge >= 0.3 is 0 Å².